The van der Waals surface area contributed by atoms with Crippen LogP contribution in [0.1, 0.15) is 25.3 Å². The largest absolute Gasteiger partial charge is 0.496 e. The van der Waals surface area contributed by atoms with Crippen molar-refractivity contribution in [2.24, 2.45) is 11.1 Å². The smallest absolute Gasteiger partial charge is 0.234 e. The number of rotatable bonds is 5. The zero-order valence-electron chi connectivity index (χ0n) is 11.9. The third-order valence-corrected chi connectivity index (χ3v) is 4.03. The Morgan fingerprint density at radius 1 is 1.47 bits per heavy atom. The molecular formula is C15H22N2O2. The molecule has 19 heavy (non-hydrogen) atoms. The Morgan fingerprint density at radius 2 is 2.16 bits per heavy atom. The Bertz CT molecular complexity index is 481. The molecule has 104 valence electrons. The van der Waals surface area contributed by atoms with Crippen LogP contribution in [-0.4, -0.2) is 26.6 Å². The molecular weight excluding hydrogens is 240 g/mol. The fourth-order valence-corrected chi connectivity index (χ4v) is 2.38. The highest BCUT2D eigenvalue weighted by Crippen LogP contribution is 2.46. The summed E-state index contributed by atoms with van der Waals surface area (Å²) in [6.07, 6.45) is 2.69. The molecule has 1 aliphatic carbocycles. The molecule has 0 atom stereocenters. The summed E-state index contributed by atoms with van der Waals surface area (Å²) in [5.41, 5.74) is 7.43. The molecule has 4 heteroatoms. The van der Waals surface area contributed by atoms with Gasteiger partial charge in [0.2, 0.25) is 5.91 Å². The number of nitrogens with two attached hydrogens (primary N) is 1. The van der Waals surface area contributed by atoms with Gasteiger partial charge in [-0.2, -0.15) is 0 Å². The summed E-state index contributed by atoms with van der Waals surface area (Å²) < 4.78 is 5.31. The monoisotopic (exact) mass is 262 g/mol. The summed E-state index contributed by atoms with van der Waals surface area (Å²) >= 11 is 0. The number of amides is 1. The van der Waals surface area contributed by atoms with E-state index in [-0.39, 0.29) is 11.3 Å². The Balaban J connectivity index is 2.24. The lowest BCUT2D eigenvalue weighted by Crippen LogP contribution is -2.38. The minimum absolute atomic E-state index is 0.127. The molecule has 1 aromatic rings. The molecule has 1 aromatic carbocycles. The Hall–Kier alpha value is -1.55. The SMILES string of the molecule is CCc1cc(N(C)C(=O)C2(CN)CC2)ccc1OC. The van der Waals surface area contributed by atoms with Crippen molar-refractivity contribution in [2.75, 3.05) is 25.6 Å². The third-order valence-electron chi connectivity index (χ3n) is 4.03. The number of ether oxygens (including phenoxy) is 1. The molecule has 2 N–H and O–H groups in total. The standard InChI is InChI=1S/C15H22N2O2/c1-4-11-9-12(5-6-13(11)19-3)17(2)14(18)15(10-16)7-8-15/h5-6,9H,4,7-8,10,16H2,1-3H3. The molecule has 1 saturated carbocycles. The van der Waals surface area contributed by atoms with Crippen molar-refractivity contribution >= 4 is 11.6 Å². The van der Waals surface area contributed by atoms with Crippen LogP contribution in [-0.2, 0) is 11.2 Å². The van der Waals surface area contributed by atoms with Gasteiger partial charge in [-0.05, 0) is 43.0 Å². The van der Waals surface area contributed by atoms with Crippen molar-refractivity contribution in [2.45, 2.75) is 26.2 Å². The molecule has 1 fully saturated rings. The van der Waals surface area contributed by atoms with Crippen LogP contribution >= 0.6 is 0 Å². The first-order chi connectivity index (χ1) is 9.07. The van der Waals surface area contributed by atoms with Crippen molar-refractivity contribution < 1.29 is 9.53 Å². The number of hydrogen-bond acceptors (Lipinski definition) is 3. The van der Waals surface area contributed by atoms with Crippen LogP contribution in [0.4, 0.5) is 5.69 Å². The van der Waals surface area contributed by atoms with Crippen LogP contribution < -0.4 is 15.4 Å². The average Bonchev–Trinajstić information content (AvgIpc) is 3.26. The lowest BCUT2D eigenvalue weighted by Gasteiger charge is -2.23. The first-order valence-corrected chi connectivity index (χ1v) is 6.73. The van der Waals surface area contributed by atoms with Gasteiger partial charge in [-0.25, -0.2) is 0 Å². The first kappa shape index (κ1) is 13.9. The molecule has 0 saturated heterocycles. The molecule has 2 rings (SSSR count). The zero-order valence-corrected chi connectivity index (χ0v) is 11.9. The van der Waals surface area contributed by atoms with Gasteiger partial charge in [0.15, 0.2) is 0 Å². The Labute approximate surface area is 114 Å². The van der Waals surface area contributed by atoms with E-state index >= 15 is 0 Å². The molecule has 0 aromatic heterocycles. The van der Waals surface area contributed by atoms with E-state index in [1.807, 2.05) is 25.2 Å². The second kappa shape index (κ2) is 5.21. The van der Waals surface area contributed by atoms with E-state index in [1.165, 1.54) is 0 Å². The summed E-state index contributed by atoms with van der Waals surface area (Å²) in [5.74, 6) is 0.995. The summed E-state index contributed by atoms with van der Waals surface area (Å²) in [7, 11) is 3.48. The van der Waals surface area contributed by atoms with Crippen LogP contribution in [0.15, 0.2) is 18.2 Å². The van der Waals surface area contributed by atoms with Gasteiger partial charge in [0.05, 0.1) is 12.5 Å². The van der Waals surface area contributed by atoms with E-state index in [0.717, 1.165) is 36.3 Å². The maximum atomic E-state index is 12.4. The van der Waals surface area contributed by atoms with Crippen LogP contribution in [0.2, 0.25) is 0 Å². The predicted molar refractivity (Wildman–Crippen MR) is 76.5 cm³/mol. The quantitative estimate of drug-likeness (QED) is 0.882. The second-order valence-corrected chi connectivity index (χ2v) is 5.20. The Kier molecular flexibility index (Phi) is 3.80. The van der Waals surface area contributed by atoms with E-state index in [4.69, 9.17) is 10.5 Å². The highest BCUT2D eigenvalue weighted by molar-refractivity contribution is 5.99. The van der Waals surface area contributed by atoms with Crippen molar-refractivity contribution in [1.29, 1.82) is 0 Å². The predicted octanol–water partition coefficient (Wildman–Crippen LogP) is 1.96. The molecule has 0 bridgehead atoms. The van der Waals surface area contributed by atoms with Gasteiger partial charge >= 0.3 is 0 Å². The molecule has 1 amide bonds. The number of carbonyl (C=O) groups is 1. The van der Waals surface area contributed by atoms with Crippen molar-refractivity contribution in [3.05, 3.63) is 23.8 Å². The fraction of sp³-hybridized carbons (Fsp3) is 0.533. The molecule has 4 nitrogen and oxygen atoms in total. The van der Waals surface area contributed by atoms with Gasteiger partial charge in [-0.1, -0.05) is 6.92 Å². The minimum atomic E-state index is -0.305. The van der Waals surface area contributed by atoms with E-state index in [2.05, 4.69) is 6.92 Å². The Morgan fingerprint density at radius 3 is 2.63 bits per heavy atom. The summed E-state index contributed by atoms with van der Waals surface area (Å²) in [6.45, 7) is 2.51. The number of hydrogen-bond donors (Lipinski definition) is 1. The molecule has 0 radical (unpaired) electrons. The third kappa shape index (κ3) is 2.45. The minimum Gasteiger partial charge on any atom is -0.496 e. The van der Waals surface area contributed by atoms with E-state index in [1.54, 1.807) is 12.0 Å². The number of aryl methyl sites for hydroxylation is 1. The number of anilines is 1. The van der Waals surface area contributed by atoms with E-state index < -0.39 is 0 Å². The van der Waals surface area contributed by atoms with Crippen LogP contribution in [0, 0.1) is 5.41 Å². The maximum Gasteiger partial charge on any atom is 0.234 e. The summed E-state index contributed by atoms with van der Waals surface area (Å²) in [4.78, 5) is 14.1. The molecule has 0 spiro atoms. The number of carbonyl (C=O) groups excluding carboxylic acids is 1. The van der Waals surface area contributed by atoms with Gasteiger partial charge in [0.1, 0.15) is 5.75 Å². The highest BCUT2D eigenvalue weighted by Gasteiger charge is 2.50. The topological polar surface area (TPSA) is 55.6 Å². The number of nitrogens with zero attached hydrogens (tertiary/aromatic N) is 1. The van der Waals surface area contributed by atoms with E-state index in [0.29, 0.717) is 6.54 Å². The van der Waals surface area contributed by atoms with Crippen molar-refractivity contribution in [1.82, 2.24) is 0 Å². The van der Waals surface area contributed by atoms with Gasteiger partial charge < -0.3 is 15.4 Å². The zero-order chi connectivity index (χ0) is 14.0. The molecule has 0 aliphatic heterocycles. The molecule has 0 unspecified atom stereocenters. The van der Waals surface area contributed by atoms with E-state index in [9.17, 15) is 4.79 Å². The number of methoxy groups -OCH3 is 1. The van der Waals surface area contributed by atoms with Crippen molar-refractivity contribution in [3.63, 3.8) is 0 Å². The van der Waals surface area contributed by atoms with Gasteiger partial charge in [0.25, 0.3) is 0 Å². The fourth-order valence-electron chi connectivity index (χ4n) is 2.38. The van der Waals surface area contributed by atoms with Gasteiger partial charge in [0, 0.05) is 19.3 Å². The van der Waals surface area contributed by atoms with Crippen LogP contribution in [0.3, 0.4) is 0 Å². The second-order valence-electron chi connectivity index (χ2n) is 5.20. The van der Waals surface area contributed by atoms with Gasteiger partial charge in [-0.15, -0.1) is 0 Å². The lowest BCUT2D eigenvalue weighted by atomic mass is 10.0. The molecule has 0 heterocycles. The first-order valence-electron chi connectivity index (χ1n) is 6.73. The summed E-state index contributed by atoms with van der Waals surface area (Å²) in [6, 6.07) is 5.85. The normalized spacial score (nSPS) is 16.0. The molecule has 1 aliphatic rings. The summed E-state index contributed by atoms with van der Waals surface area (Å²) in [5, 5.41) is 0. The van der Waals surface area contributed by atoms with Crippen LogP contribution in [0.25, 0.3) is 0 Å². The average molecular weight is 262 g/mol. The number of benzene rings is 1. The van der Waals surface area contributed by atoms with Crippen LogP contribution in [0.5, 0.6) is 5.75 Å². The highest BCUT2D eigenvalue weighted by atomic mass is 16.5. The maximum absolute atomic E-state index is 12.4. The lowest BCUT2D eigenvalue weighted by molar-refractivity contribution is -0.123. The van der Waals surface area contributed by atoms with Gasteiger partial charge in [-0.3, -0.25) is 4.79 Å². The van der Waals surface area contributed by atoms with Crippen molar-refractivity contribution in [3.8, 4) is 5.75 Å².